The van der Waals surface area contributed by atoms with Gasteiger partial charge in [-0.15, -0.1) is 0 Å². The maximum atomic E-state index is 6.64. The number of nitrogens with zero attached hydrogens (tertiary/aromatic N) is 3. The van der Waals surface area contributed by atoms with Crippen LogP contribution in [0.4, 0.5) is 0 Å². The molecule has 6 aliphatic rings. The molecule has 0 atom stereocenters. The molecule has 1 spiro atoms. The Morgan fingerprint density at radius 1 is 0.375 bits per heavy atom. The van der Waals surface area contributed by atoms with Gasteiger partial charge in [-0.25, -0.2) is 15.0 Å². The van der Waals surface area contributed by atoms with E-state index >= 15 is 0 Å². The highest BCUT2D eigenvalue weighted by atomic mass is 16.5. The summed E-state index contributed by atoms with van der Waals surface area (Å²) >= 11 is 0. The zero-order chi connectivity index (χ0) is 42.0. The quantitative estimate of drug-likeness (QED) is 0.173. The minimum Gasteiger partial charge on any atom is -0.457 e. The van der Waals surface area contributed by atoms with E-state index in [1.54, 1.807) is 0 Å². The summed E-state index contributed by atoms with van der Waals surface area (Å²) in [6.45, 7) is 0. The fourth-order valence-electron chi connectivity index (χ4n) is 13.5. The summed E-state index contributed by atoms with van der Waals surface area (Å²) in [6.07, 6.45) is 8.38. The zero-order valence-electron chi connectivity index (χ0n) is 35.5. The van der Waals surface area contributed by atoms with Gasteiger partial charge in [-0.05, 0) is 136 Å². The van der Waals surface area contributed by atoms with Crippen molar-refractivity contribution in [2.75, 3.05) is 0 Å². The molecule has 2 heterocycles. The minimum absolute atomic E-state index is 0.331. The van der Waals surface area contributed by atoms with Gasteiger partial charge in [0.1, 0.15) is 11.5 Å². The maximum Gasteiger partial charge on any atom is 0.164 e. The molecule has 0 amide bonds. The van der Waals surface area contributed by atoms with Crippen molar-refractivity contribution in [2.24, 2.45) is 17.8 Å². The van der Waals surface area contributed by atoms with Gasteiger partial charge in [-0.1, -0.05) is 158 Å². The summed E-state index contributed by atoms with van der Waals surface area (Å²) in [6, 6.07) is 66.1. The molecule has 8 aromatic carbocycles. The SMILES string of the molecule is c1ccc2c(c1)Oc1ccccc1C21c2ccccc2-c2ccc(-c3ccccc3-c3nc(-c4ccc(C56CC7CC(CC(C7)C5)C6)cc4)nc(-c4ccc5ccccc5c4)n3)cc21. The first-order valence-corrected chi connectivity index (χ1v) is 23.2. The van der Waals surface area contributed by atoms with E-state index in [0.29, 0.717) is 22.9 Å². The van der Waals surface area contributed by atoms with Gasteiger partial charge in [0.05, 0.1) is 5.41 Å². The fraction of sp³-hybridized carbons (Fsp3) is 0.183. The molecule has 4 heteroatoms. The molecule has 15 rings (SSSR count). The largest absolute Gasteiger partial charge is 0.457 e. The lowest BCUT2D eigenvalue weighted by atomic mass is 9.48. The van der Waals surface area contributed by atoms with Crippen molar-refractivity contribution in [3.05, 3.63) is 210 Å². The van der Waals surface area contributed by atoms with Crippen LogP contribution in [0.3, 0.4) is 0 Å². The summed E-state index contributed by atoms with van der Waals surface area (Å²) in [5.41, 5.74) is 13.7. The van der Waals surface area contributed by atoms with Crippen LogP contribution in [-0.4, -0.2) is 15.0 Å². The van der Waals surface area contributed by atoms with Gasteiger partial charge in [0.2, 0.25) is 0 Å². The Hall–Kier alpha value is -7.17. The molecule has 4 fully saturated rings. The second kappa shape index (κ2) is 13.7. The predicted octanol–water partition coefficient (Wildman–Crippen LogP) is 14.6. The number of fused-ring (bicyclic) bond motifs is 10. The molecule has 0 N–H and O–H groups in total. The second-order valence-electron chi connectivity index (χ2n) is 19.3. The number of ether oxygens (including phenoxy) is 1. The Labute approximate surface area is 373 Å². The van der Waals surface area contributed by atoms with E-state index in [2.05, 4.69) is 182 Å². The number of benzene rings is 8. The molecule has 1 aliphatic heterocycles. The first kappa shape index (κ1) is 36.3. The molecule has 4 nitrogen and oxygen atoms in total. The second-order valence-corrected chi connectivity index (χ2v) is 19.3. The van der Waals surface area contributed by atoms with Crippen LogP contribution in [0.1, 0.15) is 66.3 Å². The highest BCUT2D eigenvalue weighted by Gasteiger charge is 2.52. The van der Waals surface area contributed by atoms with Crippen LogP contribution in [0.2, 0.25) is 0 Å². The standard InChI is InChI=1S/C60H45N3O/c1-2-12-42-32-44(22-21-40(42)11-1)57-61-56(41-23-26-45(27-24-41)59-34-37-29-38(35-59)31-39(30-37)36-59)62-58(63-57)49-15-4-3-13-46(49)43-25-28-48-47-14-5-6-16-50(47)60(53(48)33-43)51-17-7-9-19-54(51)64-55-20-10-8-18-52(55)60/h1-28,32-33,37-39H,29-31,34-36H2. The average Bonchev–Trinajstić information content (AvgIpc) is 3.63. The Morgan fingerprint density at radius 3 is 1.59 bits per heavy atom. The monoisotopic (exact) mass is 823 g/mol. The fourth-order valence-corrected chi connectivity index (χ4v) is 13.5. The molecule has 64 heavy (non-hydrogen) atoms. The van der Waals surface area contributed by atoms with E-state index in [1.165, 1.54) is 71.7 Å². The third kappa shape index (κ3) is 5.32. The molecule has 0 radical (unpaired) electrons. The highest BCUT2D eigenvalue weighted by molar-refractivity contribution is 5.92. The van der Waals surface area contributed by atoms with Crippen LogP contribution in [0, 0.1) is 17.8 Å². The van der Waals surface area contributed by atoms with E-state index in [0.717, 1.165) is 73.6 Å². The number of aromatic nitrogens is 3. The van der Waals surface area contributed by atoms with Crippen LogP contribution < -0.4 is 4.74 Å². The lowest BCUT2D eigenvalue weighted by Gasteiger charge is -2.57. The van der Waals surface area contributed by atoms with Crippen molar-refractivity contribution in [1.29, 1.82) is 0 Å². The van der Waals surface area contributed by atoms with Crippen molar-refractivity contribution < 1.29 is 4.74 Å². The Morgan fingerprint density at radius 2 is 0.891 bits per heavy atom. The normalized spacial score (nSPS) is 21.5. The number of hydrogen-bond donors (Lipinski definition) is 0. The lowest BCUT2D eigenvalue weighted by molar-refractivity contribution is -0.00518. The molecule has 4 bridgehead atoms. The van der Waals surface area contributed by atoms with Crippen molar-refractivity contribution in [1.82, 2.24) is 15.0 Å². The van der Waals surface area contributed by atoms with Gasteiger partial charge in [-0.3, -0.25) is 0 Å². The van der Waals surface area contributed by atoms with Gasteiger partial charge in [0, 0.05) is 27.8 Å². The number of hydrogen-bond acceptors (Lipinski definition) is 4. The van der Waals surface area contributed by atoms with E-state index < -0.39 is 5.41 Å². The summed E-state index contributed by atoms with van der Waals surface area (Å²) in [7, 11) is 0. The van der Waals surface area contributed by atoms with Crippen LogP contribution in [0.5, 0.6) is 11.5 Å². The first-order chi connectivity index (χ1) is 31.6. The molecular formula is C60H45N3O. The first-order valence-electron chi connectivity index (χ1n) is 23.2. The molecule has 9 aromatic rings. The third-order valence-corrected chi connectivity index (χ3v) is 15.8. The maximum absolute atomic E-state index is 6.64. The van der Waals surface area contributed by atoms with Gasteiger partial charge < -0.3 is 4.74 Å². The van der Waals surface area contributed by atoms with E-state index in [-0.39, 0.29) is 0 Å². The lowest BCUT2D eigenvalue weighted by Crippen LogP contribution is -2.48. The molecule has 306 valence electrons. The predicted molar refractivity (Wildman–Crippen MR) is 256 cm³/mol. The smallest absolute Gasteiger partial charge is 0.164 e. The molecule has 5 aliphatic carbocycles. The van der Waals surface area contributed by atoms with E-state index in [9.17, 15) is 0 Å². The zero-order valence-corrected chi connectivity index (χ0v) is 35.5. The van der Waals surface area contributed by atoms with Gasteiger partial charge >= 0.3 is 0 Å². The summed E-state index contributed by atoms with van der Waals surface area (Å²) in [5, 5.41) is 2.35. The van der Waals surface area contributed by atoms with Crippen molar-refractivity contribution in [3.8, 4) is 67.9 Å². The molecule has 4 saturated carbocycles. The molecule has 0 saturated heterocycles. The van der Waals surface area contributed by atoms with Gasteiger partial charge in [0.15, 0.2) is 17.5 Å². The van der Waals surface area contributed by atoms with E-state index in [4.69, 9.17) is 19.7 Å². The average molecular weight is 824 g/mol. The summed E-state index contributed by atoms with van der Waals surface area (Å²) in [4.78, 5) is 16.0. The van der Waals surface area contributed by atoms with Crippen molar-refractivity contribution in [3.63, 3.8) is 0 Å². The third-order valence-electron chi connectivity index (χ3n) is 15.8. The van der Waals surface area contributed by atoms with Crippen LogP contribution in [0.25, 0.3) is 67.2 Å². The number of para-hydroxylation sites is 2. The summed E-state index contributed by atoms with van der Waals surface area (Å²) < 4.78 is 6.64. The van der Waals surface area contributed by atoms with Crippen molar-refractivity contribution >= 4 is 10.8 Å². The van der Waals surface area contributed by atoms with Gasteiger partial charge in [0.25, 0.3) is 0 Å². The Kier molecular flexibility index (Phi) is 7.76. The van der Waals surface area contributed by atoms with E-state index in [1.807, 2.05) is 0 Å². The topological polar surface area (TPSA) is 47.9 Å². The highest BCUT2D eigenvalue weighted by Crippen LogP contribution is 2.63. The van der Waals surface area contributed by atoms with Crippen LogP contribution >= 0.6 is 0 Å². The number of rotatable bonds is 5. The molecule has 0 unspecified atom stereocenters. The Bertz CT molecular complexity index is 3290. The van der Waals surface area contributed by atoms with Crippen LogP contribution in [-0.2, 0) is 10.8 Å². The molecular weight excluding hydrogens is 779 g/mol. The van der Waals surface area contributed by atoms with Gasteiger partial charge in [-0.2, -0.15) is 0 Å². The Balaban J connectivity index is 0.935. The van der Waals surface area contributed by atoms with Crippen molar-refractivity contribution in [2.45, 2.75) is 49.4 Å². The van der Waals surface area contributed by atoms with Crippen LogP contribution in [0.15, 0.2) is 182 Å². The summed E-state index contributed by atoms with van der Waals surface area (Å²) in [5.74, 6) is 6.50. The minimum atomic E-state index is -0.561. The molecule has 1 aromatic heterocycles.